The number of carbonyl (C=O) groups excluding carboxylic acids is 1. The SMILES string of the molecule is COc1ccc(C(=O)N2CCN(C(c3ccccc3)c3ccccc3)CC2)cc1OC.[Cl-]. The molecule has 0 spiro atoms. The Labute approximate surface area is 196 Å². The van der Waals surface area contributed by atoms with Crippen LogP contribution in [-0.2, 0) is 0 Å². The minimum absolute atomic E-state index is 0. The van der Waals surface area contributed by atoms with E-state index >= 15 is 0 Å². The van der Waals surface area contributed by atoms with Crippen LogP contribution in [0.1, 0.15) is 27.5 Å². The van der Waals surface area contributed by atoms with Crippen LogP contribution in [0.25, 0.3) is 0 Å². The first kappa shape index (κ1) is 23.6. The van der Waals surface area contributed by atoms with E-state index in [1.807, 2.05) is 17.0 Å². The fraction of sp³-hybridized carbons (Fsp3) is 0.269. The summed E-state index contributed by atoms with van der Waals surface area (Å²) in [5.74, 6) is 1.22. The van der Waals surface area contributed by atoms with E-state index in [9.17, 15) is 4.79 Å². The Bertz CT molecular complexity index is 967. The molecule has 0 aliphatic carbocycles. The van der Waals surface area contributed by atoms with Crippen molar-refractivity contribution in [2.45, 2.75) is 6.04 Å². The Kier molecular flexibility index (Phi) is 8.14. The molecule has 0 atom stereocenters. The van der Waals surface area contributed by atoms with Gasteiger partial charge in [-0.3, -0.25) is 9.69 Å². The minimum atomic E-state index is 0. The molecule has 0 saturated carbocycles. The molecular formula is C26H28ClN2O3-. The predicted molar refractivity (Wildman–Crippen MR) is 122 cm³/mol. The Morgan fingerprint density at radius 3 is 1.78 bits per heavy atom. The van der Waals surface area contributed by atoms with Gasteiger partial charge in [0.15, 0.2) is 11.5 Å². The highest BCUT2D eigenvalue weighted by molar-refractivity contribution is 5.95. The first-order chi connectivity index (χ1) is 15.2. The van der Waals surface area contributed by atoms with E-state index in [0.29, 0.717) is 30.2 Å². The van der Waals surface area contributed by atoms with Gasteiger partial charge in [0.1, 0.15) is 0 Å². The third kappa shape index (κ3) is 5.06. The van der Waals surface area contributed by atoms with Crippen LogP contribution >= 0.6 is 0 Å². The quantitative estimate of drug-likeness (QED) is 0.566. The molecule has 4 rings (SSSR count). The van der Waals surface area contributed by atoms with Crippen LogP contribution in [0.2, 0.25) is 0 Å². The zero-order chi connectivity index (χ0) is 21.6. The first-order valence-corrected chi connectivity index (χ1v) is 10.6. The van der Waals surface area contributed by atoms with Crippen LogP contribution in [0.3, 0.4) is 0 Å². The summed E-state index contributed by atoms with van der Waals surface area (Å²) in [5, 5.41) is 0. The Balaban J connectivity index is 0.00000289. The van der Waals surface area contributed by atoms with E-state index in [-0.39, 0.29) is 24.4 Å². The Hall–Kier alpha value is -3.02. The van der Waals surface area contributed by atoms with Crippen molar-refractivity contribution in [2.75, 3.05) is 40.4 Å². The summed E-state index contributed by atoms with van der Waals surface area (Å²) in [6.07, 6.45) is 0. The molecular weight excluding hydrogens is 424 g/mol. The molecule has 5 nitrogen and oxygen atoms in total. The van der Waals surface area contributed by atoms with E-state index in [2.05, 4.69) is 53.4 Å². The molecule has 1 amide bonds. The summed E-state index contributed by atoms with van der Waals surface area (Å²) in [6.45, 7) is 2.99. The number of hydrogen-bond donors (Lipinski definition) is 0. The lowest BCUT2D eigenvalue weighted by atomic mass is 9.96. The van der Waals surface area contributed by atoms with Crippen LogP contribution < -0.4 is 21.9 Å². The second kappa shape index (κ2) is 11.0. The zero-order valence-electron chi connectivity index (χ0n) is 18.4. The van der Waals surface area contributed by atoms with Gasteiger partial charge in [-0.25, -0.2) is 0 Å². The summed E-state index contributed by atoms with van der Waals surface area (Å²) in [6, 6.07) is 26.7. The summed E-state index contributed by atoms with van der Waals surface area (Å²) in [4.78, 5) is 17.5. The summed E-state index contributed by atoms with van der Waals surface area (Å²) < 4.78 is 10.6. The van der Waals surface area contributed by atoms with Gasteiger partial charge in [0.05, 0.1) is 20.3 Å². The van der Waals surface area contributed by atoms with E-state index in [4.69, 9.17) is 9.47 Å². The van der Waals surface area contributed by atoms with E-state index < -0.39 is 0 Å². The molecule has 3 aromatic rings. The van der Waals surface area contributed by atoms with Crippen molar-refractivity contribution in [1.82, 2.24) is 9.80 Å². The van der Waals surface area contributed by atoms with Crippen molar-refractivity contribution in [3.8, 4) is 11.5 Å². The van der Waals surface area contributed by atoms with Gasteiger partial charge in [-0.15, -0.1) is 0 Å². The molecule has 1 saturated heterocycles. The van der Waals surface area contributed by atoms with E-state index in [1.165, 1.54) is 11.1 Å². The third-order valence-corrected chi connectivity index (χ3v) is 5.83. The van der Waals surface area contributed by atoms with E-state index in [0.717, 1.165) is 13.1 Å². The molecule has 1 aliphatic rings. The number of carbonyl (C=O) groups is 1. The molecule has 0 unspecified atom stereocenters. The van der Waals surface area contributed by atoms with Gasteiger partial charge in [0, 0.05) is 31.7 Å². The number of benzene rings is 3. The van der Waals surface area contributed by atoms with Gasteiger partial charge in [-0.05, 0) is 29.3 Å². The monoisotopic (exact) mass is 451 g/mol. The topological polar surface area (TPSA) is 42.0 Å². The lowest BCUT2D eigenvalue weighted by molar-refractivity contribution is -0.0000175. The molecule has 168 valence electrons. The van der Waals surface area contributed by atoms with E-state index in [1.54, 1.807) is 32.4 Å². The molecule has 1 heterocycles. The van der Waals surface area contributed by atoms with Crippen LogP contribution in [0.15, 0.2) is 78.9 Å². The van der Waals surface area contributed by atoms with Gasteiger partial charge in [-0.1, -0.05) is 60.7 Å². The second-order valence-electron chi connectivity index (χ2n) is 7.62. The number of amides is 1. The molecule has 0 bridgehead atoms. The summed E-state index contributed by atoms with van der Waals surface area (Å²) in [7, 11) is 3.17. The maximum Gasteiger partial charge on any atom is 0.254 e. The average Bonchev–Trinajstić information content (AvgIpc) is 2.85. The van der Waals surface area contributed by atoms with Crippen molar-refractivity contribution < 1.29 is 26.7 Å². The maximum absolute atomic E-state index is 13.1. The average molecular weight is 452 g/mol. The molecule has 0 N–H and O–H groups in total. The van der Waals surface area contributed by atoms with Crippen molar-refractivity contribution >= 4 is 5.91 Å². The predicted octanol–water partition coefficient (Wildman–Crippen LogP) is 1.26. The minimum Gasteiger partial charge on any atom is -1.00 e. The number of nitrogens with zero attached hydrogens (tertiary/aromatic N) is 2. The standard InChI is InChI=1S/C26H28N2O3.ClH/c1-30-23-14-13-22(19-24(23)31-2)26(29)28-17-15-27(16-18-28)25(20-9-5-3-6-10-20)21-11-7-4-8-12-21;/h3-14,19,25H,15-18H2,1-2H3;1H/p-1. The fourth-order valence-corrected chi connectivity index (χ4v) is 4.22. The van der Waals surface area contributed by atoms with Gasteiger partial charge in [0.2, 0.25) is 0 Å². The zero-order valence-corrected chi connectivity index (χ0v) is 19.2. The van der Waals surface area contributed by atoms with Crippen molar-refractivity contribution in [3.63, 3.8) is 0 Å². The molecule has 32 heavy (non-hydrogen) atoms. The first-order valence-electron chi connectivity index (χ1n) is 10.6. The highest BCUT2D eigenvalue weighted by Crippen LogP contribution is 2.31. The number of halogens is 1. The number of hydrogen-bond acceptors (Lipinski definition) is 4. The Morgan fingerprint density at radius 1 is 0.750 bits per heavy atom. The van der Waals surface area contributed by atoms with Crippen LogP contribution in [0.4, 0.5) is 0 Å². The molecule has 0 radical (unpaired) electrons. The second-order valence-corrected chi connectivity index (χ2v) is 7.62. The lowest BCUT2D eigenvalue weighted by Gasteiger charge is -2.39. The van der Waals surface area contributed by atoms with Crippen LogP contribution in [0.5, 0.6) is 11.5 Å². The molecule has 0 aromatic heterocycles. The highest BCUT2D eigenvalue weighted by atomic mass is 35.5. The van der Waals surface area contributed by atoms with Crippen molar-refractivity contribution in [3.05, 3.63) is 95.6 Å². The van der Waals surface area contributed by atoms with Crippen molar-refractivity contribution in [2.24, 2.45) is 0 Å². The smallest absolute Gasteiger partial charge is 0.254 e. The number of piperazine rings is 1. The highest BCUT2D eigenvalue weighted by Gasteiger charge is 2.28. The number of ether oxygens (including phenoxy) is 2. The van der Waals surface area contributed by atoms with Gasteiger partial charge in [-0.2, -0.15) is 0 Å². The molecule has 3 aromatic carbocycles. The summed E-state index contributed by atoms with van der Waals surface area (Å²) >= 11 is 0. The normalized spacial score (nSPS) is 14.0. The Morgan fingerprint density at radius 2 is 1.28 bits per heavy atom. The van der Waals surface area contributed by atoms with Crippen molar-refractivity contribution in [1.29, 1.82) is 0 Å². The third-order valence-electron chi connectivity index (χ3n) is 5.83. The van der Waals surface area contributed by atoms with Gasteiger partial charge < -0.3 is 26.8 Å². The lowest BCUT2D eigenvalue weighted by Crippen LogP contribution is -3.00. The number of methoxy groups -OCH3 is 2. The summed E-state index contributed by atoms with van der Waals surface area (Å²) in [5.41, 5.74) is 3.16. The van der Waals surface area contributed by atoms with Gasteiger partial charge in [0.25, 0.3) is 5.91 Å². The number of rotatable bonds is 6. The van der Waals surface area contributed by atoms with Crippen LogP contribution in [0, 0.1) is 0 Å². The fourth-order valence-electron chi connectivity index (χ4n) is 4.22. The van der Waals surface area contributed by atoms with Crippen LogP contribution in [-0.4, -0.2) is 56.1 Å². The molecule has 1 fully saturated rings. The largest absolute Gasteiger partial charge is 1.00 e. The van der Waals surface area contributed by atoms with Gasteiger partial charge >= 0.3 is 0 Å². The molecule has 1 aliphatic heterocycles. The molecule has 6 heteroatoms. The maximum atomic E-state index is 13.1.